The molecular formula is C17H26N2O2S. The van der Waals surface area contributed by atoms with E-state index in [9.17, 15) is 4.79 Å². The van der Waals surface area contributed by atoms with Gasteiger partial charge < -0.3 is 15.4 Å². The summed E-state index contributed by atoms with van der Waals surface area (Å²) in [5.74, 6) is 1.37. The van der Waals surface area contributed by atoms with E-state index < -0.39 is 6.10 Å². The first-order valence-corrected chi connectivity index (χ1v) is 9.20. The van der Waals surface area contributed by atoms with Gasteiger partial charge in [0.05, 0.1) is 0 Å². The van der Waals surface area contributed by atoms with E-state index in [1.54, 1.807) is 18.7 Å². The van der Waals surface area contributed by atoms with Crippen LogP contribution in [-0.4, -0.2) is 37.9 Å². The molecule has 1 aromatic carbocycles. The molecule has 1 amide bonds. The zero-order chi connectivity index (χ0) is 15.8. The maximum absolute atomic E-state index is 12.1. The van der Waals surface area contributed by atoms with Gasteiger partial charge in [0.25, 0.3) is 5.91 Å². The van der Waals surface area contributed by atoms with E-state index >= 15 is 0 Å². The molecule has 0 saturated carbocycles. The Hall–Kier alpha value is -1.20. The SMILES string of the molecule is CSc1ccc(OC(C)C(=O)NCCC2CCCNC2)cc1. The maximum atomic E-state index is 12.1. The summed E-state index contributed by atoms with van der Waals surface area (Å²) >= 11 is 1.69. The predicted molar refractivity (Wildman–Crippen MR) is 91.5 cm³/mol. The molecule has 2 N–H and O–H groups in total. The van der Waals surface area contributed by atoms with Crippen LogP contribution in [0, 0.1) is 5.92 Å². The van der Waals surface area contributed by atoms with Crippen molar-refractivity contribution in [1.82, 2.24) is 10.6 Å². The summed E-state index contributed by atoms with van der Waals surface area (Å²) < 4.78 is 5.68. The summed E-state index contributed by atoms with van der Waals surface area (Å²) in [6.07, 6.45) is 5.10. The number of amides is 1. The lowest BCUT2D eigenvalue weighted by Crippen LogP contribution is -2.38. The molecule has 1 fully saturated rings. The van der Waals surface area contributed by atoms with Crippen LogP contribution in [0.15, 0.2) is 29.2 Å². The first-order chi connectivity index (χ1) is 10.7. The zero-order valence-electron chi connectivity index (χ0n) is 13.4. The molecule has 122 valence electrons. The highest BCUT2D eigenvalue weighted by Gasteiger charge is 2.16. The van der Waals surface area contributed by atoms with Crippen LogP contribution in [-0.2, 0) is 4.79 Å². The van der Waals surface area contributed by atoms with Crippen LogP contribution in [0.2, 0.25) is 0 Å². The Bertz CT molecular complexity index is 458. The number of hydrogen-bond acceptors (Lipinski definition) is 4. The Morgan fingerprint density at radius 2 is 2.23 bits per heavy atom. The second kappa shape index (κ2) is 9.06. The van der Waals surface area contributed by atoms with Gasteiger partial charge in [0, 0.05) is 11.4 Å². The van der Waals surface area contributed by atoms with Crippen LogP contribution < -0.4 is 15.4 Å². The Balaban J connectivity index is 1.69. The number of ether oxygens (including phenoxy) is 1. The normalized spacial score (nSPS) is 19.5. The fraction of sp³-hybridized carbons (Fsp3) is 0.588. The van der Waals surface area contributed by atoms with E-state index in [-0.39, 0.29) is 5.91 Å². The van der Waals surface area contributed by atoms with Crippen molar-refractivity contribution in [3.8, 4) is 5.75 Å². The molecule has 0 bridgehead atoms. The Morgan fingerprint density at radius 3 is 2.86 bits per heavy atom. The highest BCUT2D eigenvalue weighted by atomic mass is 32.2. The monoisotopic (exact) mass is 322 g/mol. The third-order valence-corrected chi connectivity index (χ3v) is 4.74. The molecule has 2 rings (SSSR count). The number of nitrogens with one attached hydrogen (secondary N) is 2. The smallest absolute Gasteiger partial charge is 0.260 e. The first kappa shape index (κ1) is 17.2. The topological polar surface area (TPSA) is 50.4 Å². The van der Waals surface area contributed by atoms with Crippen molar-refractivity contribution >= 4 is 17.7 Å². The van der Waals surface area contributed by atoms with Crippen molar-refractivity contribution in [3.05, 3.63) is 24.3 Å². The van der Waals surface area contributed by atoms with Gasteiger partial charge in [0.1, 0.15) is 5.75 Å². The fourth-order valence-corrected chi connectivity index (χ4v) is 3.03. The minimum Gasteiger partial charge on any atom is -0.481 e. The number of rotatable bonds is 7. The van der Waals surface area contributed by atoms with Crippen LogP contribution in [0.1, 0.15) is 26.2 Å². The second-order valence-electron chi connectivity index (χ2n) is 5.73. The molecule has 1 aliphatic heterocycles. The molecule has 4 nitrogen and oxygen atoms in total. The van der Waals surface area contributed by atoms with Crippen molar-refractivity contribution in [3.63, 3.8) is 0 Å². The summed E-state index contributed by atoms with van der Waals surface area (Å²) in [5.41, 5.74) is 0. The van der Waals surface area contributed by atoms with E-state index in [0.717, 1.165) is 31.8 Å². The molecule has 22 heavy (non-hydrogen) atoms. The van der Waals surface area contributed by atoms with E-state index in [2.05, 4.69) is 10.6 Å². The molecule has 0 spiro atoms. The predicted octanol–water partition coefficient (Wildman–Crippen LogP) is 2.68. The van der Waals surface area contributed by atoms with Crippen LogP contribution in [0.3, 0.4) is 0 Å². The average Bonchev–Trinajstić information content (AvgIpc) is 2.56. The molecule has 1 aromatic rings. The number of hydrogen-bond donors (Lipinski definition) is 2. The van der Waals surface area contributed by atoms with Gasteiger partial charge in [-0.1, -0.05) is 0 Å². The van der Waals surface area contributed by atoms with Crippen molar-refractivity contribution < 1.29 is 9.53 Å². The van der Waals surface area contributed by atoms with Crippen molar-refractivity contribution in [2.45, 2.75) is 37.2 Å². The van der Waals surface area contributed by atoms with E-state index in [1.807, 2.05) is 30.5 Å². The molecule has 5 heteroatoms. The quantitative estimate of drug-likeness (QED) is 0.758. The van der Waals surface area contributed by atoms with Gasteiger partial charge in [-0.25, -0.2) is 0 Å². The molecule has 1 heterocycles. The molecule has 2 unspecified atom stereocenters. The standard InChI is InChI=1S/C17H26N2O2S/c1-13(21-15-5-7-16(22-2)8-6-15)17(20)19-11-9-14-4-3-10-18-12-14/h5-8,13-14,18H,3-4,9-12H2,1-2H3,(H,19,20). The summed E-state index contributed by atoms with van der Waals surface area (Å²) in [7, 11) is 0. The lowest BCUT2D eigenvalue weighted by atomic mass is 9.96. The number of thioether (sulfide) groups is 1. The fourth-order valence-electron chi connectivity index (χ4n) is 2.63. The van der Waals surface area contributed by atoms with Gasteiger partial charge in [-0.15, -0.1) is 11.8 Å². The first-order valence-electron chi connectivity index (χ1n) is 7.98. The summed E-state index contributed by atoms with van der Waals surface area (Å²) in [6, 6.07) is 7.81. The minimum atomic E-state index is -0.468. The van der Waals surface area contributed by atoms with Crippen LogP contribution in [0.4, 0.5) is 0 Å². The van der Waals surface area contributed by atoms with Crippen molar-refractivity contribution in [2.24, 2.45) is 5.92 Å². The Kier molecular flexibility index (Phi) is 7.06. The lowest BCUT2D eigenvalue weighted by Gasteiger charge is -2.23. The second-order valence-corrected chi connectivity index (χ2v) is 6.61. The maximum Gasteiger partial charge on any atom is 0.260 e. The zero-order valence-corrected chi connectivity index (χ0v) is 14.2. The Morgan fingerprint density at radius 1 is 1.45 bits per heavy atom. The van der Waals surface area contributed by atoms with E-state index in [4.69, 9.17) is 4.74 Å². The van der Waals surface area contributed by atoms with Gasteiger partial charge in [-0.3, -0.25) is 4.79 Å². The molecular weight excluding hydrogens is 296 g/mol. The van der Waals surface area contributed by atoms with Crippen LogP contribution in [0.5, 0.6) is 5.75 Å². The average molecular weight is 322 g/mol. The molecule has 1 aliphatic rings. The highest BCUT2D eigenvalue weighted by Crippen LogP contribution is 2.19. The van der Waals surface area contributed by atoms with E-state index in [1.165, 1.54) is 17.7 Å². The molecule has 2 atom stereocenters. The number of carbonyl (C=O) groups is 1. The minimum absolute atomic E-state index is 0.0438. The van der Waals surface area contributed by atoms with Gasteiger partial charge >= 0.3 is 0 Å². The van der Waals surface area contributed by atoms with Gasteiger partial charge in [-0.2, -0.15) is 0 Å². The highest BCUT2D eigenvalue weighted by molar-refractivity contribution is 7.98. The number of benzene rings is 1. The molecule has 1 saturated heterocycles. The van der Waals surface area contributed by atoms with Crippen molar-refractivity contribution in [1.29, 1.82) is 0 Å². The molecule has 0 radical (unpaired) electrons. The van der Waals surface area contributed by atoms with Crippen LogP contribution >= 0.6 is 11.8 Å². The van der Waals surface area contributed by atoms with E-state index in [0.29, 0.717) is 5.92 Å². The third kappa shape index (κ3) is 5.54. The largest absolute Gasteiger partial charge is 0.481 e. The molecule has 0 aliphatic carbocycles. The summed E-state index contributed by atoms with van der Waals surface area (Å²) in [5, 5.41) is 6.38. The third-order valence-electron chi connectivity index (χ3n) is 3.99. The Labute approximate surface area is 137 Å². The van der Waals surface area contributed by atoms with Gasteiger partial charge in [-0.05, 0) is 75.7 Å². The number of carbonyl (C=O) groups excluding carboxylic acids is 1. The van der Waals surface area contributed by atoms with Gasteiger partial charge in [0.15, 0.2) is 6.10 Å². The van der Waals surface area contributed by atoms with Gasteiger partial charge in [0.2, 0.25) is 0 Å². The van der Waals surface area contributed by atoms with Crippen molar-refractivity contribution in [2.75, 3.05) is 25.9 Å². The number of piperidine rings is 1. The summed E-state index contributed by atoms with van der Waals surface area (Å²) in [6.45, 7) is 4.72. The summed E-state index contributed by atoms with van der Waals surface area (Å²) in [4.78, 5) is 13.2. The van der Waals surface area contributed by atoms with Crippen LogP contribution in [0.25, 0.3) is 0 Å². The molecule has 0 aromatic heterocycles. The lowest BCUT2D eigenvalue weighted by molar-refractivity contribution is -0.127.